The molecule has 14 heavy (non-hydrogen) atoms. The lowest BCUT2D eigenvalue weighted by Gasteiger charge is -2.21. The first-order chi connectivity index (χ1) is 6.48. The molecule has 0 atom stereocenters. The van der Waals surface area contributed by atoms with Gasteiger partial charge >= 0.3 is 0 Å². The van der Waals surface area contributed by atoms with Crippen LogP contribution in [0.1, 0.15) is 38.8 Å². The summed E-state index contributed by atoms with van der Waals surface area (Å²) in [6.45, 7) is 7.08. The molecule has 1 aromatic rings. The van der Waals surface area contributed by atoms with E-state index in [4.69, 9.17) is 0 Å². The molecule has 4 heteroatoms. The molecular formula is C10H15N3O. The summed E-state index contributed by atoms with van der Waals surface area (Å²) in [6.07, 6.45) is 1.07. The van der Waals surface area contributed by atoms with Crippen molar-refractivity contribution < 1.29 is 4.79 Å². The van der Waals surface area contributed by atoms with Crippen LogP contribution < -0.4 is 0 Å². The zero-order chi connectivity index (χ0) is 10.3. The Bertz CT molecular complexity index is 373. The first kappa shape index (κ1) is 9.37. The maximum atomic E-state index is 11.2. The van der Waals surface area contributed by atoms with Gasteiger partial charge in [-0.15, -0.1) is 10.2 Å². The van der Waals surface area contributed by atoms with E-state index in [1.807, 2.05) is 0 Å². The van der Waals surface area contributed by atoms with Gasteiger partial charge in [0.05, 0.1) is 6.42 Å². The summed E-state index contributed by atoms with van der Waals surface area (Å²) in [7, 11) is 0. The molecule has 0 N–H and O–H groups in total. The second-order valence-corrected chi connectivity index (χ2v) is 4.81. The Hall–Kier alpha value is -1.19. The van der Waals surface area contributed by atoms with Crippen molar-refractivity contribution in [1.29, 1.82) is 0 Å². The van der Waals surface area contributed by atoms with Gasteiger partial charge in [-0.2, -0.15) is 0 Å². The van der Waals surface area contributed by atoms with E-state index in [2.05, 4.69) is 35.5 Å². The third kappa shape index (κ3) is 1.45. The lowest BCUT2D eigenvalue weighted by atomic mass is 9.95. The molecule has 0 aliphatic carbocycles. The van der Waals surface area contributed by atoms with Crippen molar-refractivity contribution in [3.63, 3.8) is 0 Å². The molecular weight excluding hydrogens is 178 g/mol. The van der Waals surface area contributed by atoms with Crippen LogP contribution in [0.2, 0.25) is 0 Å². The fourth-order valence-electron chi connectivity index (χ4n) is 1.76. The first-order valence-corrected chi connectivity index (χ1v) is 4.93. The smallest absolute Gasteiger partial charge is 0.142 e. The third-order valence-corrected chi connectivity index (χ3v) is 2.47. The second-order valence-electron chi connectivity index (χ2n) is 4.81. The molecule has 0 spiro atoms. The summed E-state index contributed by atoms with van der Waals surface area (Å²) in [5.41, 5.74) is 0.00559. The molecule has 4 nitrogen and oxygen atoms in total. The highest BCUT2D eigenvalue weighted by molar-refractivity contribution is 5.80. The van der Waals surface area contributed by atoms with Crippen LogP contribution in [0.4, 0.5) is 0 Å². The van der Waals surface area contributed by atoms with E-state index in [0.29, 0.717) is 12.8 Å². The molecule has 0 bridgehead atoms. The van der Waals surface area contributed by atoms with Crippen molar-refractivity contribution >= 4 is 5.78 Å². The molecule has 0 radical (unpaired) electrons. The highest BCUT2D eigenvalue weighted by Gasteiger charge is 2.27. The Morgan fingerprint density at radius 3 is 2.64 bits per heavy atom. The summed E-state index contributed by atoms with van der Waals surface area (Å²) < 4.78 is 2.08. The molecule has 1 aliphatic heterocycles. The minimum atomic E-state index is 0.00559. The van der Waals surface area contributed by atoms with Crippen LogP contribution >= 0.6 is 0 Å². The predicted octanol–water partition coefficient (Wildman–Crippen LogP) is 1.09. The zero-order valence-electron chi connectivity index (χ0n) is 8.87. The number of fused-ring (bicyclic) bond motifs is 1. The number of rotatable bonds is 0. The largest absolute Gasteiger partial charge is 0.314 e. The number of Topliss-reactive ketones (excluding diaryl/α,β-unsaturated/α-hetero) is 1. The minimum Gasteiger partial charge on any atom is -0.314 e. The van der Waals surface area contributed by atoms with Crippen LogP contribution in [0.3, 0.4) is 0 Å². The van der Waals surface area contributed by atoms with Gasteiger partial charge in [-0.1, -0.05) is 20.8 Å². The van der Waals surface area contributed by atoms with E-state index >= 15 is 0 Å². The summed E-state index contributed by atoms with van der Waals surface area (Å²) in [5.74, 6) is 2.08. The van der Waals surface area contributed by atoms with Gasteiger partial charge in [-0.05, 0) is 0 Å². The SMILES string of the molecule is CC(C)(C)c1nnc2n1CCC(=O)C2. The molecule has 76 valence electrons. The Morgan fingerprint density at radius 2 is 2.00 bits per heavy atom. The highest BCUT2D eigenvalue weighted by atomic mass is 16.1. The van der Waals surface area contributed by atoms with E-state index in [1.54, 1.807) is 0 Å². The lowest BCUT2D eigenvalue weighted by Crippen LogP contribution is -2.25. The fourth-order valence-corrected chi connectivity index (χ4v) is 1.76. The molecule has 0 saturated heterocycles. The van der Waals surface area contributed by atoms with E-state index in [0.717, 1.165) is 18.2 Å². The number of carbonyl (C=O) groups excluding carboxylic acids is 1. The normalized spacial score (nSPS) is 16.9. The van der Waals surface area contributed by atoms with Gasteiger partial charge in [0.25, 0.3) is 0 Å². The first-order valence-electron chi connectivity index (χ1n) is 4.93. The number of nitrogens with zero attached hydrogens (tertiary/aromatic N) is 3. The monoisotopic (exact) mass is 193 g/mol. The Balaban J connectivity index is 2.43. The van der Waals surface area contributed by atoms with E-state index in [1.165, 1.54) is 0 Å². The summed E-state index contributed by atoms with van der Waals surface area (Å²) in [4.78, 5) is 11.2. The highest BCUT2D eigenvalue weighted by Crippen LogP contribution is 2.23. The van der Waals surface area contributed by atoms with Gasteiger partial charge in [-0.25, -0.2) is 0 Å². The second kappa shape index (κ2) is 2.90. The van der Waals surface area contributed by atoms with Gasteiger partial charge in [0, 0.05) is 18.4 Å². The van der Waals surface area contributed by atoms with Crippen molar-refractivity contribution in [3.05, 3.63) is 11.6 Å². The van der Waals surface area contributed by atoms with Crippen LogP contribution in [-0.4, -0.2) is 20.5 Å². The summed E-state index contributed by atoms with van der Waals surface area (Å²) >= 11 is 0. The Kier molecular flexibility index (Phi) is 1.94. The molecule has 2 rings (SSSR count). The van der Waals surface area contributed by atoms with Crippen molar-refractivity contribution in [3.8, 4) is 0 Å². The standard InChI is InChI=1S/C10H15N3O/c1-10(2,3)9-12-11-8-6-7(14)4-5-13(8)9/h4-6H2,1-3H3. The maximum absolute atomic E-state index is 11.2. The summed E-state index contributed by atoms with van der Waals surface area (Å²) in [6, 6.07) is 0. The Morgan fingerprint density at radius 1 is 1.29 bits per heavy atom. The van der Waals surface area contributed by atoms with Gasteiger partial charge in [0.1, 0.15) is 17.4 Å². The predicted molar refractivity (Wildman–Crippen MR) is 52.1 cm³/mol. The third-order valence-electron chi connectivity index (χ3n) is 2.47. The summed E-state index contributed by atoms with van der Waals surface area (Å²) in [5, 5.41) is 8.23. The molecule has 0 unspecified atom stereocenters. The minimum absolute atomic E-state index is 0.00559. The molecule has 2 heterocycles. The maximum Gasteiger partial charge on any atom is 0.142 e. The van der Waals surface area contributed by atoms with Gasteiger partial charge < -0.3 is 4.57 Å². The quantitative estimate of drug-likeness (QED) is 0.619. The average Bonchev–Trinajstić information content (AvgIpc) is 2.45. The van der Waals surface area contributed by atoms with Crippen molar-refractivity contribution in [1.82, 2.24) is 14.8 Å². The van der Waals surface area contributed by atoms with Crippen LogP contribution in [0.15, 0.2) is 0 Å². The Labute approximate surface area is 83.3 Å². The van der Waals surface area contributed by atoms with Crippen LogP contribution in [-0.2, 0) is 23.2 Å². The van der Waals surface area contributed by atoms with E-state index < -0.39 is 0 Å². The zero-order valence-corrected chi connectivity index (χ0v) is 8.87. The molecule has 0 aromatic carbocycles. The van der Waals surface area contributed by atoms with Gasteiger partial charge in [0.15, 0.2) is 0 Å². The van der Waals surface area contributed by atoms with Gasteiger partial charge in [0.2, 0.25) is 0 Å². The van der Waals surface area contributed by atoms with Crippen molar-refractivity contribution in [2.24, 2.45) is 0 Å². The number of hydrogen-bond acceptors (Lipinski definition) is 3. The topological polar surface area (TPSA) is 47.8 Å². The van der Waals surface area contributed by atoms with Gasteiger partial charge in [-0.3, -0.25) is 4.79 Å². The number of ketones is 1. The number of carbonyl (C=O) groups is 1. The average molecular weight is 193 g/mol. The van der Waals surface area contributed by atoms with Crippen LogP contribution in [0, 0.1) is 0 Å². The molecule has 1 aliphatic rings. The van der Waals surface area contributed by atoms with E-state index in [-0.39, 0.29) is 11.2 Å². The number of hydrogen-bond donors (Lipinski definition) is 0. The molecule has 0 saturated carbocycles. The van der Waals surface area contributed by atoms with Crippen molar-refractivity contribution in [2.45, 2.75) is 45.6 Å². The van der Waals surface area contributed by atoms with E-state index in [9.17, 15) is 4.79 Å². The lowest BCUT2D eigenvalue weighted by molar-refractivity contribution is -0.119. The van der Waals surface area contributed by atoms with Crippen LogP contribution in [0.25, 0.3) is 0 Å². The van der Waals surface area contributed by atoms with Crippen molar-refractivity contribution in [2.75, 3.05) is 0 Å². The molecule has 0 amide bonds. The fraction of sp³-hybridized carbons (Fsp3) is 0.700. The molecule has 1 aromatic heterocycles. The molecule has 0 fully saturated rings. The number of aromatic nitrogens is 3. The van der Waals surface area contributed by atoms with Crippen LogP contribution in [0.5, 0.6) is 0 Å².